The molecule has 1 amide bonds. The number of benzene rings is 1. The van der Waals surface area contributed by atoms with Crippen LogP contribution in [0.15, 0.2) is 12.1 Å². The Morgan fingerprint density at radius 3 is 2.67 bits per heavy atom. The monoisotopic (exact) mass is 298 g/mol. The molecule has 1 fully saturated rings. The summed E-state index contributed by atoms with van der Waals surface area (Å²) in [5.41, 5.74) is -0.0703. The molecule has 5 nitrogen and oxygen atoms in total. The number of rotatable bonds is 4. The van der Waals surface area contributed by atoms with Gasteiger partial charge in [0.25, 0.3) is 0 Å². The number of carbonyl (C=O) groups is 2. The van der Waals surface area contributed by atoms with E-state index in [0.717, 1.165) is 12.1 Å². The summed E-state index contributed by atoms with van der Waals surface area (Å²) in [6.07, 6.45) is 0.524. The minimum atomic E-state index is -1.14. The van der Waals surface area contributed by atoms with E-state index in [9.17, 15) is 18.4 Å². The van der Waals surface area contributed by atoms with Crippen LogP contribution in [0.3, 0.4) is 0 Å². The summed E-state index contributed by atoms with van der Waals surface area (Å²) in [5.74, 6) is -3.16. The van der Waals surface area contributed by atoms with Crippen LogP contribution in [-0.2, 0) is 9.53 Å². The van der Waals surface area contributed by atoms with Gasteiger partial charge in [-0.25, -0.2) is 13.6 Å². The zero-order chi connectivity index (χ0) is 15.6. The molecule has 7 heteroatoms. The first-order valence-corrected chi connectivity index (χ1v) is 6.61. The van der Waals surface area contributed by atoms with Crippen molar-refractivity contribution in [2.24, 2.45) is 0 Å². The number of esters is 1. The van der Waals surface area contributed by atoms with E-state index in [1.54, 1.807) is 14.0 Å². The maximum Gasteiger partial charge on any atom is 0.340 e. The number of likely N-dealkylation sites (N-methyl/N-ethyl adjacent to an activating group) is 1. The van der Waals surface area contributed by atoms with E-state index in [-0.39, 0.29) is 23.8 Å². The first-order valence-electron chi connectivity index (χ1n) is 6.61. The molecule has 1 aliphatic heterocycles. The summed E-state index contributed by atoms with van der Waals surface area (Å²) in [4.78, 5) is 25.2. The molecule has 21 heavy (non-hydrogen) atoms. The molecule has 0 aliphatic carbocycles. The van der Waals surface area contributed by atoms with Crippen LogP contribution < -0.4 is 5.32 Å². The van der Waals surface area contributed by atoms with Crippen LogP contribution in [0.2, 0.25) is 0 Å². The van der Waals surface area contributed by atoms with E-state index >= 15 is 0 Å². The van der Waals surface area contributed by atoms with Crippen molar-refractivity contribution >= 4 is 17.6 Å². The van der Waals surface area contributed by atoms with E-state index < -0.39 is 23.6 Å². The van der Waals surface area contributed by atoms with Crippen LogP contribution in [0.4, 0.5) is 14.5 Å². The van der Waals surface area contributed by atoms with Crippen LogP contribution in [0.25, 0.3) is 0 Å². The standard InChI is InChI=1S/C14H16F2N2O3/c1-3-21-14(20)8-6-9(15)10(16)7-12(8)17-11-4-5-18(2)13(11)19/h6-7,11,17H,3-5H2,1-2H3. The third-order valence-corrected chi connectivity index (χ3v) is 3.31. The van der Waals surface area contributed by atoms with Gasteiger partial charge >= 0.3 is 5.97 Å². The molecule has 1 unspecified atom stereocenters. The Kier molecular flexibility index (Phi) is 4.40. The Morgan fingerprint density at radius 1 is 1.43 bits per heavy atom. The fourth-order valence-electron chi connectivity index (χ4n) is 2.19. The molecular formula is C14H16F2N2O3. The van der Waals surface area contributed by atoms with Gasteiger partial charge in [-0.3, -0.25) is 4.79 Å². The van der Waals surface area contributed by atoms with Crippen molar-refractivity contribution in [3.05, 3.63) is 29.3 Å². The molecule has 0 spiro atoms. The molecule has 0 saturated carbocycles. The smallest absolute Gasteiger partial charge is 0.340 e. The van der Waals surface area contributed by atoms with E-state index in [1.807, 2.05) is 0 Å². The summed E-state index contributed by atoms with van der Waals surface area (Å²) in [7, 11) is 1.65. The topological polar surface area (TPSA) is 58.6 Å². The fourth-order valence-corrected chi connectivity index (χ4v) is 2.19. The highest BCUT2D eigenvalue weighted by atomic mass is 19.2. The Hall–Kier alpha value is -2.18. The maximum absolute atomic E-state index is 13.4. The number of carbonyl (C=O) groups excluding carboxylic acids is 2. The highest BCUT2D eigenvalue weighted by molar-refractivity contribution is 5.97. The lowest BCUT2D eigenvalue weighted by molar-refractivity contribution is -0.127. The molecule has 1 heterocycles. The van der Waals surface area contributed by atoms with Crippen molar-refractivity contribution in [1.29, 1.82) is 0 Å². The van der Waals surface area contributed by atoms with Crippen molar-refractivity contribution < 1.29 is 23.1 Å². The van der Waals surface area contributed by atoms with Crippen LogP contribution in [0, 0.1) is 11.6 Å². The van der Waals surface area contributed by atoms with Gasteiger partial charge in [0.2, 0.25) is 5.91 Å². The van der Waals surface area contributed by atoms with Crippen LogP contribution in [0.5, 0.6) is 0 Å². The second-order valence-electron chi connectivity index (χ2n) is 4.78. The lowest BCUT2D eigenvalue weighted by Crippen LogP contribution is -2.31. The SMILES string of the molecule is CCOC(=O)c1cc(F)c(F)cc1NC1CCN(C)C1=O. The van der Waals surface area contributed by atoms with Crippen LogP contribution in [-0.4, -0.2) is 43.0 Å². The Labute approximate surface area is 120 Å². The second kappa shape index (κ2) is 6.07. The number of ether oxygens (including phenoxy) is 1. The number of anilines is 1. The van der Waals surface area contributed by atoms with Gasteiger partial charge in [0.15, 0.2) is 11.6 Å². The van der Waals surface area contributed by atoms with E-state index in [4.69, 9.17) is 4.74 Å². The molecular weight excluding hydrogens is 282 g/mol. The molecule has 1 atom stereocenters. The molecule has 0 aromatic heterocycles. The van der Waals surface area contributed by atoms with Gasteiger partial charge in [-0.2, -0.15) is 0 Å². The van der Waals surface area contributed by atoms with E-state index in [1.165, 1.54) is 4.90 Å². The number of hydrogen-bond donors (Lipinski definition) is 1. The Bertz CT molecular complexity index is 578. The third-order valence-electron chi connectivity index (χ3n) is 3.31. The van der Waals surface area contributed by atoms with Crippen molar-refractivity contribution in [2.45, 2.75) is 19.4 Å². The van der Waals surface area contributed by atoms with Crippen molar-refractivity contribution in [2.75, 3.05) is 25.5 Å². The van der Waals surface area contributed by atoms with Gasteiger partial charge in [0.1, 0.15) is 6.04 Å². The number of hydrogen-bond acceptors (Lipinski definition) is 4. The second-order valence-corrected chi connectivity index (χ2v) is 4.78. The number of likely N-dealkylation sites (tertiary alicyclic amines) is 1. The van der Waals surface area contributed by atoms with Crippen LogP contribution >= 0.6 is 0 Å². The fraction of sp³-hybridized carbons (Fsp3) is 0.429. The predicted octanol–water partition coefficient (Wildman–Crippen LogP) is 1.78. The highest BCUT2D eigenvalue weighted by Crippen LogP contribution is 2.24. The van der Waals surface area contributed by atoms with E-state index in [2.05, 4.69) is 5.32 Å². The molecule has 1 aromatic carbocycles. The summed E-state index contributed by atoms with van der Waals surface area (Å²) in [5, 5.41) is 2.80. The third kappa shape index (κ3) is 3.12. The molecule has 1 aliphatic rings. The molecule has 1 saturated heterocycles. The van der Waals surface area contributed by atoms with Gasteiger partial charge in [0, 0.05) is 19.7 Å². The maximum atomic E-state index is 13.4. The Balaban J connectivity index is 2.31. The highest BCUT2D eigenvalue weighted by Gasteiger charge is 2.30. The summed E-state index contributed by atoms with van der Waals surface area (Å²) in [6.45, 7) is 2.29. The zero-order valence-corrected chi connectivity index (χ0v) is 11.8. The van der Waals surface area contributed by atoms with Crippen LogP contribution in [0.1, 0.15) is 23.7 Å². The summed E-state index contributed by atoms with van der Waals surface area (Å²) < 4.78 is 31.5. The summed E-state index contributed by atoms with van der Waals surface area (Å²) in [6, 6.07) is 1.08. The lowest BCUT2D eigenvalue weighted by atomic mass is 10.1. The van der Waals surface area contributed by atoms with Gasteiger partial charge < -0.3 is 15.0 Å². The molecule has 2 rings (SSSR count). The first-order chi connectivity index (χ1) is 9.93. The quantitative estimate of drug-likeness (QED) is 0.861. The normalized spacial score (nSPS) is 18.0. The zero-order valence-electron chi connectivity index (χ0n) is 11.8. The van der Waals surface area contributed by atoms with Gasteiger partial charge in [0.05, 0.1) is 17.9 Å². The molecule has 1 N–H and O–H groups in total. The number of nitrogens with zero attached hydrogens (tertiary/aromatic N) is 1. The predicted molar refractivity (Wildman–Crippen MR) is 72.0 cm³/mol. The van der Waals surface area contributed by atoms with Crippen molar-refractivity contribution in [1.82, 2.24) is 4.90 Å². The van der Waals surface area contributed by atoms with Crippen molar-refractivity contribution in [3.63, 3.8) is 0 Å². The van der Waals surface area contributed by atoms with Gasteiger partial charge in [-0.05, 0) is 19.4 Å². The van der Waals surface area contributed by atoms with E-state index in [0.29, 0.717) is 13.0 Å². The first kappa shape index (κ1) is 15.2. The Morgan fingerprint density at radius 2 is 2.10 bits per heavy atom. The van der Waals surface area contributed by atoms with Gasteiger partial charge in [-0.15, -0.1) is 0 Å². The number of amides is 1. The summed E-state index contributed by atoms with van der Waals surface area (Å²) >= 11 is 0. The minimum absolute atomic E-state index is 0.0565. The average molecular weight is 298 g/mol. The minimum Gasteiger partial charge on any atom is -0.462 e. The number of halogens is 2. The molecule has 1 aromatic rings. The average Bonchev–Trinajstić information content (AvgIpc) is 2.75. The molecule has 0 bridgehead atoms. The van der Waals surface area contributed by atoms with Crippen molar-refractivity contribution in [3.8, 4) is 0 Å². The lowest BCUT2D eigenvalue weighted by Gasteiger charge is -2.16. The molecule has 0 radical (unpaired) electrons. The number of nitrogens with one attached hydrogen (secondary N) is 1. The molecule has 114 valence electrons. The van der Waals surface area contributed by atoms with Gasteiger partial charge in [-0.1, -0.05) is 0 Å². The largest absolute Gasteiger partial charge is 0.462 e.